The monoisotopic (exact) mass is 223 g/mol. The van der Waals surface area contributed by atoms with E-state index in [0.29, 0.717) is 0 Å². The summed E-state index contributed by atoms with van der Waals surface area (Å²) in [5.74, 6) is 0. The Morgan fingerprint density at radius 1 is 1.19 bits per heavy atom. The minimum atomic E-state index is 0.902. The van der Waals surface area contributed by atoms with E-state index in [2.05, 4.69) is 56.3 Å². The molecule has 0 aliphatic heterocycles. The van der Waals surface area contributed by atoms with Gasteiger partial charge in [0.2, 0.25) is 0 Å². The second-order valence-electron chi connectivity index (χ2n) is 4.27. The lowest BCUT2D eigenvalue weighted by atomic mass is 10.2. The molecule has 0 rings (SSSR count). The van der Waals surface area contributed by atoms with Crippen LogP contribution < -0.4 is 5.32 Å². The topological polar surface area (TPSA) is 18.5 Å². The van der Waals surface area contributed by atoms with E-state index in [-0.39, 0.29) is 0 Å². The number of likely N-dealkylation sites (N-methyl/N-ethyl adjacent to an activating group) is 3. The van der Waals surface area contributed by atoms with Crippen LogP contribution in [0.25, 0.3) is 0 Å². The zero-order valence-corrected chi connectivity index (χ0v) is 11.3. The molecule has 0 spiro atoms. The molecule has 1 N–H and O–H groups in total. The molecular formula is C13H25N3. The summed E-state index contributed by atoms with van der Waals surface area (Å²) < 4.78 is 0. The van der Waals surface area contributed by atoms with Gasteiger partial charge < -0.3 is 15.1 Å². The molecule has 0 saturated carbocycles. The van der Waals surface area contributed by atoms with Crippen LogP contribution in [0.5, 0.6) is 0 Å². The van der Waals surface area contributed by atoms with Crippen LogP contribution in [0, 0.1) is 0 Å². The Morgan fingerprint density at radius 2 is 1.75 bits per heavy atom. The summed E-state index contributed by atoms with van der Waals surface area (Å²) in [6.07, 6.45) is 2.01. The summed E-state index contributed by atoms with van der Waals surface area (Å²) in [5.41, 5.74) is 3.08. The smallest absolute Gasteiger partial charge is 0.0321 e. The third kappa shape index (κ3) is 5.61. The molecule has 0 amide bonds. The molecule has 0 heterocycles. The summed E-state index contributed by atoms with van der Waals surface area (Å²) >= 11 is 0. The van der Waals surface area contributed by atoms with Gasteiger partial charge in [0, 0.05) is 38.6 Å². The highest BCUT2D eigenvalue weighted by Gasteiger charge is 2.04. The number of hydrogen-bond acceptors (Lipinski definition) is 3. The van der Waals surface area contributed by atoms with E-state index in [4.69, 9.17) is 0 Å². The molecule has 0 bridgehead atoms. The Morgan fingerprint density at radius 3 is 2.19 bits per heavy atom. The van der Waals surface area contributed by atoms with Gasteiger partial charge in [-0.3, -0.25) is 0 Å². The number of rotatable bonds is 7. The largest absolute Gasteiger partial charge is 0.389 e. The van der Waals surface area contributed by atoms with Crippen molar-refractivity contribution in [2.75, 3.05) is 41.3 Å². The van der Waals surface area contributed by atoms with E-state index in [1.807, 2.05) is 13.1 Å². The summed E-state index contributed by atoms with van der Waals surface area (Å²) in [6, 6.07) is 0. The molecule has 0 aromatic rings. The van der Waals surface area contributed by atoms with Crippen molar-refractivity contribution in [3.63, 3.8) is 0 Å². The van der Waals surface area contributed by atoms with E-state index in [1.54, 1.807) is 0 Å². The molecule has 3 nitrogen and oxygen atoms in total. The Hall–Kier alpha value is -1.22. The molecular weight excluding hydrogens is 198 g/mol. The average Bonchev–Trinajstić information content (AvgIpc) is 2.24. The highest BCUT2D eigenvalue weighted by atomic mass is 15.2. The van der Waals surface area contributed by atoms with Crippen LogP contribution in [0.1, 0.15) is 6.92 Å². The minimum Gasteiger partial charge on any atom is -0.389 e. The minimum absolute atomic E-state index is 0.902. The van der Waals surface area contributed by atoms with Crippen molar-refractivity contribution in [3.05, 3.63) is 36.2 Å². The molecule has 0 atom stereocenters. The second-order valence-corrected chi connectivity index (χ2v) is 4.27. The Balaban J connectivity index is 4.32. The van der Waals surface area contributed by atoms with Crippen LogP contribution in [0.3, 0.4) is 0 Å². The van der Waals surface area contributed by atoms with Gasteiger partial charge >= 0.3 is 0 Å². The maximum atomic E-state index is 4.09. The van der Waals surface area contributed by atoms with Crippen LogP contribution in [0.2, 0.25) is 0 Å². The SMILES string of the molecule is C=C(/C=C(/C)C(=C)N(C)CCN(C)C)NC. The van der Waals surface area contributed by atoms with Crippen molar-refractivity contribution < 1.29 is 0 Å². The first kappa shape index (κ1) is 14.8. The summed E-state index contributed by atoms with van der Waals surface area (Å²) in [6.45, 7) is 12.0. The quantitative estimate of drug-likeness (QED) is 0.662. The normalized spacial score (nSPS) is 11.5. The van der Waals surface area contributed by atoms with Crippen LogP contribution in [0.4, 0.5) is 0 Å². The zero-order valence-electron chi connectivity index (χ0n) is 11.3. The van der Waals surface area contributed by atoms with E-state index >= 15 is 0 Å². The van der Waals surface area contributed by atoms with Crippen LogP contribution in [0.15, 0.2) is 36.2 Å². The molecule has 0 aliphatic carbocycles. The first-order chi connectivity index (χ1) is 7.38. The van der Waals surface area contributed by atoms with E-state index in [0.717, 1.165) is 30.1 Å². The van der Waals surface area contributed by atoms with Gasteiger partial charge in [0.25, 0.3) is 0 Å². The Bertz CT molecular complexity index is 277. The fourth-order valence-electron chi connectivity index (χ4n) is 1.20. The first-order valence-corrected chi connectivity index (χ1v) is 5.48. The van der Waals surface area contributed by atoms with Crippen LogP contribution in [-0.4, -0.2) is 51.1 Å². The van der Waals surface area contributed by atoms with Gasteiger partial charge in [-0.2, -0.15) is 0 Å². The molecule has 92 valence electrons. The van der Waals surface area contributed by atoms with E-state index in [9.17, 15) is 0 Å². The summed E-state index contributed by atoms with van der Waals surface area (Å²) in [4.78, 5) is 4.32. The number of nitrogens with one attached hydrogen (secondary N) is 1. The maximum absolute atomic E-state index is 4.09. The van der Waals surface area contributed by atoms with Crippen molar-refractivity contribution in [3.8, 4) is 0 Å². The van der Waals surface area contributed by atoms with Crippen molar-refractivity contribution in [2.45, 2.75) is 6.92 Å². The predicted molar refractivity (Wildman–Crippen MR) is 72.3 cm³/mol. The lowest BCUT2D eigenvalue weighted by Gasteiger charge is -2.24. The van der Waals surface area contributed by atoms with Crippen LogP contribution >= 0.6 is 0 Å². The van der Waals surface area contributed by atoms with Crippen LogP contribution in [-0.2, 0) is 0 Å². The average molecular weight is 223 g/mol. The first-order valence-electron chi connectivity index (χ1n) is 5.48. The molecule has 0 radical (unpaired) electrons. The lowest BCUT2D eigenvalue weighted by molar-refractivity contribution is 0.329. The third-order valence-electron chi connectivity index (χ3n) is 2.51. The molecule has 0 saturated heterocycles. The van der Waals surface area contributed by atoms with Gasteiger partial charge in [0.05, 0.1) is 0 Å². The molecule has 0 unspecified atom stereocenters. The maximum Gasteiger partial charge on any atom is 0.0321 e. The zero-order chi connectivity index (χ0) is 12.7. The van der Waals surface area contributed by atoms with Crippen molar-refractivity contribution in [1.29, 1.82) is 0 Å². The molecule has 0 aromatic carbocycles. The lowest BCUT2D eigenvalue weighted by Crippen LogP contribution is -2.28. The second kappa shape index (κ2) is 7.12. The van der Waals surface area contributed by atoms with E-state index in [1.165, 1.54) is 0 Å². The Labute approximate surface area is 100 Å². The number of hydrogen-bond donors (Lipinski definition) is 1. The number of allylic oxidation sites excluding steroid dienone is 2. The van der Waals surface area contributed by atoms with Gasteiger partial charge in [0.1, 0.15) is 0 Å². The summed E-state index contributed by atoms with van der Waals surface area (Å²) in [5, 5.41) is 3.00. The van der Waals surface area contributed by atoms with Gasteiger partial charge in [-0.1, -0.05) is 13.2 Å². The molecule has 16 heavy (non-hydrogen) atoms. The highest BCUT2D eigenvalue weighted by Crippen LogP contribution is 2.11. The third-order valence-corrected chi connectivity index (χ3v) is 2.51. The highest BCUT2D eigenvalue weighted by molar-refractivity contribution is 5.31. The fourth-order valence-corrected chi connectivity index (χ4v) is 1.20. The van der Waals surface area contributed by atoms with Gasteiger partial charge in [0.15, 0.2) is 0 Å². The number of nitrogens with zero attached hydrogens (tertiary/aromatic N) is 2. The fraction of sp³-hybridized carbons (Fsp3) is 0.538. The molecule has 3 heteroatoms. The molecule has 0 aliphatic rings. The van der Waals surface area contributed by atoms with E-state index < -0.39 is 0 Å². The van der Waals surface area contributed by atoms with Crippen molar-refractivity contribution in [2.24, 2.45) is 0 Å². The molecule has 0 aromatic heterocycles. The van der Waals surface area contributed by atoms with Gasteiger partial charge in [-0.05, 0) is 32.7 Å². The van der Waals surface area contributed by atoms with Gasteiger partial charge in [-0.25, -0.2) is 0 Å². The van der Waals surface area contributed by atoms with Crippen molar-refractivity contribution >= 4 is 0 Å². The Kier molecular flexibility index (Phi) is 6.58. The van der Waals surface area contributed by atoms with Gasteiger partial charge in [-0.15, -0.1) is 0 Å². The van der Waals surface area contributed by atoms with Crippen molar-refractivity contribution in [1.82, 2.24) is 15.1 Å². The summed E-state index contributed by atoms with van der Waals surface area (Å²) in [7, 11) is 8.07. The molecule has 0 fully saturated rings. The standard InChI is InChI=1S/C13H25N3/c1-11(10-12(2)14-4)13(3)16(7)9-8-15(5)6/h10,14H,2-3,8-9H2,1,4-7H3/b11-10-. The predicted octanol–water partition coefficient (Wildman–Crippen LogP) is 1.67.